The van der Waals surface area contributed by atoms with Crippen LogP contribution in [0.4, 0.5) is 13.2 Å². The molecule has 0 amide bonds. The van der Waals surface area contributed by atoms with Crippen molar-refractivity contribution >= 4 is 0 Å². The lowest BCUT2D eigenvalue weighted by Gasteiger charge is -2.12. The summed E-state index contributed by atoms with van der Waals surface area (Å²) in [6.07, 6.45) is -3.95. The Hall–Kier alpha value is -1.03. The van der Waals surface area contributed by atoms with Crippen molar-refractivity contribution in [1.82, 2.24) is 0 Å². The summed E-state index contributed by atoms with van der Waals surface area (Å²) in [5, 5.41) is 9.54. The van der Waals surface area contributed by atoms with E-state index in [1.54, 1.807) is 0 Å². The molecule has 0 aromatic heterocycles. The molecule has 4 heteroatoms. The smallest absolute Gasteiger partial charge is 0.388 e. The molecular formula is C11H13F3O. The van der Waals surface area contributed by atoms with Gasteiger partial charge in [-0.1, -0.05) is 25.5 Å². The van der Waals surface area contributed by atoms with Gasteiger partial charge in [0.05, 0.1) is 11.7 Å². The first-order chi connectivity index (χ1) is 6.95. The van der Waals surface area contributed by atoms with Crippen LogP contribution in [0.2, 0.25) is 0 Å². The van der Waals surface area contributed by atoms with E-state index in [0.29, 0.717) is 12.0 Å². The maximum atomic E-state index is 12.3. The topological polar surface area (TPSA) is 20.2 Å². The molecule has 0 heterocycles. The van der Waals surface area contributed by atoms with Gasteiger partial charge < -0.3 is 5.11 Å². The van der Waals surface area contributed by atoms with Gasteiger partial charge in [0, 0.05) is 0 Å². The van der Waals surface area contributed by atoms with Gasteiger partial charge in [-0.3, -0.25) is 0 Å². The zero-order valence-electron chi connectivity index (χ0n) is 8.38. The van der Waals surface area contributed by atoms with Gasteiger partial charge in [-0.25, -0.2) is 0 Å². The van der Waals surface area contributed by atoms with Crippen molar-refractivity contribution in [3.05, 3.63) is 35.4 Å². The van der Waals surface area contributed by atoms with Gasteiger partial charge in [0.1, 0.15) is 0 Å². The quantitative estimate of drug-likeness (QED) is 0.822. The second-order valence-corrected chi connectivity index (χ2v) is 3.43. The number of hydrogen-bond donors (Lipinski definition) is 1. The van der Waals surface area contributed by atoms with Crippen LogP contribution < -0.4 is 0 Å². The number of rotatable bonds is 3. The van der Waals surface area contributed by atoms with E-state index in [9.17, 15) is 18.3 Å². The Morgan fingerprint density at radius 3 is 2.53 bits per heavy atom. The fourth-order valence-electron chi connectivity index (χ4n) is 1.36. The number of alkyl halides is 3. The second-order valence-electron chi connectivity index (χ2n) is 3.43. The molecule has 1 rings (SSSR count). The lowest BCUT2D eigenvalue weighted by Crippen LogP contribution is -2.06. The highest BCUT2D eigenvalue weighted by molar-refractivity contribution is 5.27. The van der Waals surface area contributed by atoms with Crippen LogP contribution in [-0.4, -0.2) is 5.11 Å². The second kappa shape index (κ2) is 4.66. The number of aliphatic hydroxyl groups excluding tert-OH is 1. The third kappa shape index (κ3) is 3.23. The number of aliphatic hydroxyl groups is 1. The third-order valence-corrected chi connectivity index (χ3v) is 2.16. The largest absolute Gasteiger partial charge is 0.416 e. The van der Waals surface area contributed by atoms with E-state index in [1.807, 2.05) is 6.92 Å². The molecule has 1 nitrogen and oxygen atoms in total. The molecule has 1 unspecified atom stereocenters. The Labute approximate surface area is 86.5 Å². The summed E-state index contributed by atoms with van der Waals surface area (Å²) in [5.41, 5.74) is -0.387. The van der Waals surface area contributed by atoms with Crippen molar-refractivity contribution in [2.24, 2.45) is 0 Å². The summed E-state index contributed by atoms with van der Waals surface area (Å²) in [7, 11) is 0. The first-order valence-electron chi connectivity index (χ1n) is 4.80. The lowest BCUT2D eigenvalue weighted by molar-refractivity contribution is -0.137. The van der Waals surface area contributed by atoms with E-state index >= 15 is 0 Å². The predicted octanol–water partition coefficient (Wildman–Crippen LogP) is 3.54. The molecule has 1 aromatic rings. The van der Waals surface area contributed by atoms with Gasteiger partial charge in [0.15, 0.2) is 0 Å². The van der Waals surface area contributed by atoms with Crippen molar-refractivity contribution in [3.8, 4) is 0 Å². The summed E-state index contributed by atoms with van der Waals surface area (Å²) in [5.74, 6) is 0. The zero-order chi connectivity index (χ0) is 11.5. The van der Waals surface area contributed by atoms with Gasteiger partial charge >= 0.3 is 6.18 Å². The molecule has 0 aliphatic heterocycles. The van der Waals surface area contributed by atoms with E-state index in [-0.39, 0.29) is 0 Å². The average molecular weight is 218 g/mol. The maximum absolute atomic E-state index is 12.3. The van der Waals surface area contributed by atoms with E-state index in [1.165, 1.54) is 12.1 Å². The molecule has 0 fully saturated rings. The van der Waals surface area contributed by atoms with Gasteiger partial charge in [-0.05, 0) is 24.1 Å². The highest BCUT2D eigenvalue weighted by Gasteiger charge is 2.30. The van der Waals surface area contributed by atoms with E-state index < -0.39 is 17.8 Å². The fourth-order valence-corrected chi connectivity index (χ4v) is 1.36. The van der Waals surface area contributed by atoms with Crippen molar-refractivity contribution < 1.29 is 18.3 Å². The summed E-state index contributed by atoms with van der Waals surface area (Å²) in [4.78, 5) is 0. The predicted molar refractivity (Wildman–Crippen MR) is 51.3 cm³/mol. The standard InChI is InChI=1S/C11H13F3O/c1-2-4-10(15)8-5-3-6-9(7-8)11(12,13)14/h3,5-7,10,15H,2,4H2,1H3. The first-order valence-corrected chi connectivity index (χ1v) is 4.80. The molecule has 0 aliphatic carbocycles. The molecule has 0 spiro atoms. The molecule has 84 valence electrons. The zero-order valence-corrected chi connectivity index (χ0v) is 8.38. The minimum absolute atomic E-state index is 0.326. The van der Waals surface area contributed by atoms with Crippen LogP contribution in [0, 0.1) is 0 Å². The minimum Gasteiger partial charge on any atom is -0.388 e. The van der Waals surface area contributed by atoms with E-state index in [0.717, 1.165) is 18.6 Å². The summed E-state index contributed by atoms with van der Waals surface area (Å²) >= 11 is 0. The van der Waals surface area contributed by atoms with E-state index in [4.69, 9.17) is 0 Å². The van der Waals surface area contributed by atoms with Crippen LogP contribution >= 0.6 is 0 Å². The summed E-state index contributed by atoms with van der Waals surface area (Å²) in [6.45, 7) is 1.87. The van der Waals surface area contributed by atoms with Gasteiger partial charge in [0.2, 0.25) is 0 Å². The fraction of sp³-hybridized carbons (Fsp3) is 0.455. The molecular weight excluding hydrogens is 205 g/mol. The molecule has 1 atom stereocenters. The van der Waals surface area contributed by atoms with Crippen LogP contribution in [0.3, 0.4) is 0 Å². The van der Waals surface area contributed by atoms with Crippen LogP contribution in [0.25, 0.3) is 0 Å². The Morgan fingerprint density at radius 1 is 1.33 bits per heavy atom. The molecule has 1 N–H and O–H groups in total. The van der Waals surface area contributed by atoms with Crippen molar-refractivity contribution in [2.75, 3.05) is 0 Å². The number of halogens is 3. The molecule has 0 bridgehead atoms. The Balaban J connectivity index is 2.92. The summed E-state index contributed by atoms with van der Waals surface area (Å²) < 4.78 is 37.0. The van der Waals surface area contributed by atoms with Crippen molar-refractivity contribution in [1.29, 1.82) is 0 Å². The minimum atomic E-state index is -4.35. The van der Waals surface area contributed by atoms with Gasteiger partial charge in [-0.2, -0.15) is 13.2 Å². The van der Waals surface area contributed by atoms with Crippen LogP contribution in [0.5, 0.6) is 0 Å². The molecule has 0 aliphatic rings. The lowest BCUT2D eigenvalue weighted by atomic mass is 10.0. The SMILES string of the molecule is CCCC(O)c1cccc(C(F)(F)F)c1. The molecule has 0 saturated carbocycles. The molecule has 0 radical (unpaired) electrons. The van der Waals surface area contributed by atoms with Gasteiger partial charge in [0.25, 0.3) is 0 Å². The Bertz CT molecular complexity index is 320. The molecule has 15 heavy (non-hydrogen) atoms. The van der Waals surface area contributed by atoms with E-state index in [2.05, 4.69) is 0 Å². The van der Waals surface area contributed by atoms with Crippen LogP contribution in [0.15, 0.2) is 24.3 Å². The normalized spacial score (nSPS) is 13.9. The highest BCUT2D eigenvalue weighted by atomic mass is 19.4. The molecule has 0 saturated heterocycles. The van der Waals surface area contributed by atoms with Crippen molar-refractivity contribution in [2.45, 2.75) is 32.0 Å². The maximum Gasteiger partial charge on any atom is 0.416 e. The highest BCUT2D eigenvalue weighted by Crippen LogP contribution is 2.31. The van der Waals surface area contributed by atoms with Crippen LogP contribution in [-0.2, 0) is 6.18 Å². The number of benzene rings is 1. The monoisotopic (exact) mass is 218 g/mol. The first kappa shape index (κ1) is 12.0. The van der Waals surface area contributed by atoms with Crippen LogP contribution in [0.1, 0.15) is 37.0 Å². The average Bonchev–Trinajstić information content (AvgIpc) is 2.17. The number of hydrogen-bond acceptors (Lipinski definition) is 1. The van der Waals surface area contributed by atoms with Gasteiger partial charge in [-0.15, -0.1) is 0 Å². The molecule has 1 aromatic carbocycles. The third-order valence-electron chi connectivity index (χ3n) is 2.16. The Kier molecular flexibility index (Phi) is 3.74. The Morgan fingerprint density at radius 2 is 2.00 bits per heavy atom. The summed E-state index contributed by atoms with van der Waals surface area (Å²) in [6, 6.07) is 4.83. The van der Waals surface area contributed by atoms with Crippen molar-refractivity contribution in [3.63, 3.8) is 0 Å².